The molecule has 8 heteroatoms. The molecule has 0 aliphatic heterocycles. The van der Waals surface area contributed by atoms with Gasteiger partial charge in [-0.25, -0.2) is 4.98 Å². The molecule has 0 saturated heterocycles. The fraction of sp³-hybridized carbons (Fsp3) is 0.259. The maximum atomic E-state index is 12.8. The lowest BCUT2D eigenvalue weighted by molar-refractivity contribution is 0.0972. The summed E-state index contributed by atoms with van der Waals surface area (Å²) in [5.41, 5.74) is 5.16. The fourth-order valence-corrected chi connectivity index (χ4v) is 4.25. The summed E-state index contributed by atoms with van der Waals surface area (Å²) in [6.45, 7) is 6.07. The molecule has 0 unspecified atom stereocenters. The summed E-state index contributed by atoms with van der Waals surface area (Å²) in [6.07, 6.45) is 7.11. The molecule has 1 aliphatic rings. The second kappa shape index (κ2) is 8.87. The Balaban J connectivity index is 1.47. The van der Waals surface area contributed by atoms with E-state index in [0.29, 0.717) is 23.4 Å². The molecule has 1 aliphatic carbocycles. The third-order valence-electron chi connectivity index (χ3n) is 6.05. The van der Waals surface area contributed by atoms with Crippen LogP contribution in [0, 0.1) is 0 Å². The van der Waals surface area contributed by atoms with Gasteiger partial charge in [0.1, 0.15) is 5.82 Å². The van der Waals surface area contributed by atoms with Crippen LogP contribution in [-0.4, -0.2) is 31.4 Å². The van der Waals surface area contributed by atoms with Crippen molar-refractivity contribution in [2.45, 2.75) is 45.6 Å². The lowest BCUT2D eigenvalue weighted by Gasteiger charge is -2.18. The van der Waals surface area contributed by atoms with Gasteiger partial charge in [-0.1, -0.05) is 18.2 Å². The summed E-state index contributed by atoms with van der Waals surface area (Å²) >= 11 is 0. The van der Waals surface area contributed by atoms with Crippen LogP contribution in [0.1, 0.15) is 60.0 Å². The molecule has 35 heavy (non-hydrogen) atoms. The van der Waals surface area contributed by atoms with E-state index < -0.39 is 0 Å². The molecule has 0 bridgehead atoms. The Morgan fingerprint density at radius 3 is 2.66 bits per heavy atom. The number of anilines is 3. The normalized spacial score (nSPS) is 13.4. The lowest BCUT2D eigenvalue weighted by Crippen LogP contribution is -2.22. The lowest BCUT2D eigenvalue weighted by atomic mass is 9.95. The standard InChI is InChI=1S/C27H28N6O2/c1-27(2,3)33-16-18(15-29-33)26(35)32-22-14-17(12-13-28-22)24-25(30-19-8-5-4-6-9-19)23-20(31-24)10-7-11-21(23)34/h4-6,8-9,12-16,30-31H,7,10-11H2,1-3H3,(H,28,32,35). The summed E-state index contributed by atoms with van der Waals surface area (Å²) in [5.74, 6) is 0.264. The number of ketones is 1. The number of aromatic amines is 1. The van der Waals surface area contributed by atoms with Crippen LogP contribution in [0.3, 0.4) is 0 Å². The smallest absolute Gasteiger partial charge is 0.260 e. The molecule has 0 fully saturated rings. The van der Waals surface area contributed by atoms with Gasteiger partial charge in [-0.2, -0.15) is 5.10 Å². The topological polar surface area (TPSA) is 105 Å². The number of Topliss-reactive ketones (excluding diaryl/α,β-unsaturated/α-hetero) is 1. The van der Waals surface area contributed by atoms with Crippen LogP contribution < -0.4 is 10.6 Å². The second-order valence-corrected chi connectivity index (χ2v) is 9.72. The maximum absolute atomic E-state index is 12.8. The average Bonchev–Trinajstić information content (AvgIpc) is 3.47. The molecule has 0 spiro atoms. The predicted octanol–water partition coefficient (Wildman–Crippen LogP) is 5.54. The van der Waals surface area contributed by atoms with Crippen LogP contribution >= 0.6 is 0 Å². The predicted molar refractivity (Wildman–Crippen MR) is 136 cm³/mol. The van der Waals surface area contributed by atoms with Crippen molar-refractivity contribution in [1.29, 1.82) is 0 Å². The zero-order valence-electron chi connectivity index (χ0n) is 20.1. The minimum atomic E-state index is -0.284. The number of aromatic nitrogens is 4. The third kappa shape index (κ3) is 4.59. The summed E-state index contributed by atoms with van der Waals surface area (Å²) in [6, 6.07) is 13.5. The molecule has 5 rings (SSSR count). The first-order valence-electron chi connectivity index (χ1n) is 11.7. The van der Waals surface area contributed by atoms with Gasteiger partial charge in [-0.05, 0) is 57.9 Å². The largest absolute Gasteiger partial charge is 0.356 e. The number of amides is 1. The number of carbonyl (C=O) groups is 2. The van der Waals surface area contributed by atoms with Crippen LogP contribution in [-0.2, 0) is 12.0 Å². The highest BCUT2D eigenvalue weighted by Gasteiger charge is 2.27. The van der Waals surface area contributed by atoms with E-state index in [9.17, 15) is 9.59 Å². The first kappa shape index (κ1) is 22.6. The zero-order chi connectivity index (χ0) is 24.6. The van der Waals surface area contributed by atoms with Crippen LogP contribution in [0.25, 0.3) is 11.3 Å². The van der Waals surface area contributed by atoms with Crippen molar-refractivity contribution in [2.24, 2.45) is 0 Å². The van der Waals surface area contributed by atoms with Crippen molar-refractivity contribution >= 4 is 28.9 Å². The number of H-pyrrole nitrogens is 1. The molecular formula is C27H28N6O2. The Morgan fingerprint density at radius 2 is 1.91 bits per heavy atom. The average molecular weight is 469 g/mol. The molecule has 8 nitrogen and oxygen atoms in total. The Bertz CT molecular complexity index is 1390. The number of hydrogen-bond acceptors (Lipinski definition) is 5. The molecule has 0 saturated carbocycles. The van der Waals surface area contributed by atoms with E-state index in [-0.39, 0.29) is 17.2 Å². The summed E-state index contributed by atoms with van der Waals surface area (Å²) < 4.78 is 1.76. The zero-order valence-corrected chi connectivity index (χ0v) is 20.1. The molecule has 3 heterocycles. The van der Waals surface area contributed by atoms with Gasteiger partial charge < -0.3 is 15.6 Å². The number of nitrogens with zero attached hydrogens (tertiary/aromatic N) is 3. The molecule has 1 aromatic carbocycles. The monoisotopic (exact) mass is 468 g/mol. The SMILES string of the molecule is CC(C)(C)n1cc(C(=O)Nc2cc(-c3[nH]c4c(c3Nc3ccccc3)C(=O)CCC4)ccn2)cn1. The van der Waals surface area contributed by atoms with E-state index in [1.807, 2.05) is 63.2 Å². The van der Waals surface area contributed by atoms with E-state index >= 15 is 0 Å². The summed E-state index contributed by atoms with van der Waals surface area (Å²) in [4.78, 5) is 33.5. The number of benzene rings is 1. The van der Waals surface area contributed by atoms with Crippen molar-refractivity contribution in [3.63, 3.8) is 0 Å². The first-order valence-corrected chi connectivity index (χ1v) is 11.7. The van der Waals surface area contributed by atoms with Crippen molar-refractivity contribution in [2.75, 3.05) is 10.6 Å². The number of carbonyl (C=O) groups excluding carboxylic acids is 2. The van der Waals surface area contributed by atoms with Gasteiger partial charge in [-0.15, -0.1) is 0 Å². The molecule has 3 aromatic heterocycles. The van der Waals surface area contributed by atoms with Crippen molar-refractivity contribution < 1.29 is 9.59 Å². The van der Waals surface area contributed by atoms with Crippen LogP contribution in [0.2, 0.25) is 0 Å². The number of para-hydroxylation sites is 1. The summed E-state index contributed by atoms with van der Waals surface area (Å²) in [5, 5.41) is 10.6. The Morgan fingerprint density at radius 1 is 1.11 bits per heavy atom. The van der Waals surface area contributed by atoms with Gasteiger partial charge in [0.05, 0.1) is 34.2 Å². The highest BCUT2D eigenvalue weighted by Crippen LogP contribution is 2.39. The molecule has 1 amide bonds. The van der Waals surface area contributed by atoms with Gasteiger partial charge in [0, 0.05) is 35.8 Å². The molecule has 0 radical (unpaired) electrons. The van der Waals surface area contributed by atoms with Crippen LogP contribution in [0.15, 0.2) is 61.1 Å². The van der Waals surface area contributed by atoms with Gasteiger partial charge in [0.25, 0.3) is 5.91 Å². The minimum absolute atomic E-state index is 0.130. The van der Waals surface area contributed by atoms with Crippen LogP contribution in [0.5, 0.6) is 0 Å². The van der Waals surface area contributed by atoms with Crippen molar-refractivity contribution in [3.8, 4) is 11.3 Å². The Kier molecular flexibility index (Phi) is 5.72. The number of fused-ring (bicyclic) bond motifs is 1. The van der Waals surface area contributed by atoms with E-state index in [1.54, 1.807) is 23.3 Å². The van der Waals surface area contributed by atoms with Crippen LogP contribution in [0.4, 0.5) is 17.2 Å². The molecular weight excluding hydrogens is 440 g/mol. The minimum Gasteiger partial charge on any atom is -0.356 e. The molecule has 4 aromatic rings. The number of rotatable bonds is 5. The Hall–Kier alpha value is -4.20. The number of pyridine rings is 1. The second-order valence-electron chi connectivity index (χ2n) is 9.72. The molecule has 0 atom stereocenters. The number of aryl methyl sites for hydroxylation is 1. The highest BCUT2D eigenvalue weighted by atomic mass is 16.1. The quantitative estimate of drug-likeness (QED) is 0.357. The van der Waals surface area contributed by atoms with E-state index in [0.717, 1.165) is 41.2 Å². The van der Waals surface area contributed by atoms with Crippen molar-refractivity contribution in [3.05, 3.63) is 77.9 Å². The third-order valence-corrected chi connectivity index (χ3v) is 6.05. The highest BCUT2D eigenvalue weighted by molar-refractivity contribution is 6.07. The van der Waals surface area contributed by atoms with Crippen molar-refractivity contribution in [1.82, 2.24) is 19.7 Å². The molecule has 3 N–H and O–H groups in total. The van der Waals surface area contributed by atoms with Gasteiger partial charge in [-0.3, -0.25) is 14.3 Å². The maximum Gasteiger partial charge on any atom is 0.260 e. The first-order chi connectivity index (χ1) is 16.8. The number of nitrogens with one attached hydrogen (secondary N) is 3. The Labute approximate surface area is 203 Å². The van der Waals surface area contributed by atoms with Gasteiger partial charge in [0.15, 0.2) is 5.78 Å². The molecule has 178 valence electrons. The van der Waals surface area contributed by atoms with Gasteiger partial charge in [0.2, 0.25) is 0 Å². The fourth-order valence-electron chi connectivity index (χ4n) is 4.25. The van der Waals surface area contributed by atoms with E-state index in [2.05, 4.69) is 25.7 Å². The number of hydrogen-bond donors (Lipinski definition) is 3. The van der Waals surface area contributed by atoms with E-state index in [1.165, 1.54) is 0 Å². The van der Waals surface area contributed by atoms with Gasteiger partial charge >= 0.3 is 0 Å². The van der Waals surface area contributed by atoms with E-state index in [4.69, 9.17) is 0 Å². The summed E-state index contributed by atoms with van der Waals surface area (Å²) in [7, 11) is 0.